The molecule has 2 N–H and O–H groups in total. The molecule has 0 unspecified atom stereocenters. The molecule has 0 aliphatic heterocycles. The van der Waals surface area contributed by atoms with Crippen LogP contribution in [0.1, 0.15) is 5.56 Å². The average Bonchev–Trinajstić information content (AvgIpc) is 2.98. The van der Waals surface area contributed by atoms with E-state index in [9.17, 15) is 0 Å². The summed E-state index contributed by atoms with van der Waals surface area (Å²) in [6.07, 6.45) is 5.35. The Bertz CT molecular complexity index is 722. The number of hydrogen-bond donors (Lipinski definition) is 1. The molecule has 5 heteroatoms. The lowest BCUT2D eigenvalue weighted by molar-refractivity contribution is 0.841. The van der Waals surface area contributed by atoms with Crippen LogP contribution >= 0.6 is 11.6 Å². The standard InChI is InChI=1S/C15H13ClN4/c16-14-9-18-15(6-12(14)7-17)20-10-13(8-19-20)11-4-2-1-3-5-11/h1-6,8-10H,7,17H2. The minimum Gasteiger partial charge on any atom is -0.326 e. The summed E-state index contributed by atoms with van der Waals surface area (Å²) in [6, 6.07) is 11.9. The predicted molar refractivity (Wildman–Crippen MR) is 79.7 cm³/mol. The van der Waals surface area contributed by atoms with Crippen LogP contribution in [0.3, 0.4) is 0 Å². The van der Waals surface area contributed by atoms with Crippen molar-refractivity contribution in [3.63, 3.8) is 0 Å². The second-order valence-electron chi connectivity index (χ2n) is 4.38. The first-order valence-corrected chi connectivity index (χ1v) is 6.60. The molecule has 0 atom stereocenters. The van der Waals surface area contributed by atoms with E-state index in [1.165, 1.54) is 0 Å². The Balaban J connectivity index is 1.98. The highest BCUT2D eigenvalue weighted by Crippen LogP contribution is 2.21. The summed E-state index contributed by atoms with van der Waals surface area (Å²) in [5.74, 6) is 0.706. The van der Waals surface area contributed by atoms with E-state index in [1.807, 2.05) is 48.8 Å². The molecule has 0 amide bonds. The molecule has 0 aliphatic rings. The highest BCUT2D eigenvalue weighted by atomic mass is 35.5. The first kappa shape index (κ1) is 12.8. The van der Waals surface area contributed by atoms with Crippen molar-refractivity contribution >= 4 is 11.6 Å². The molecule has 2 aromatic heterocycles. The number of pyridine rings is 1. The fourth-order valence-electron chi connectivity index (χ4n) is 1.98. The lowest BCUT2D eigenvalue weighted by atomic mass is 10.1. The third-order valence-electron chi connectivity index (χ3n) is 3.06. The minimum atomic E-state index is 0.376. The van der Waals surface area contributed by atoms with Gasteiger partial charge >= 0.3 is 0 Å². The maximum Gasteiger partial charge on any atom is 0.153 e. The smallest absolute Gasteiger partial charge is 0.153 e. The van der Waals surface area contributed by atoms with Crippen LogP contribution in [0.2, 0.25) is 5.02 Å². The maximum absolute atomic E-state index is 6.01. The highest BCUT2D eigenvalue weighted by Gasteiger charge is 2.06. The highest BCUT2D eigenvalue weighted by molar-refractivity contribution is 6.31. The molecule has 0 fully saturated rings. The summed E-state index contributed by atoms with van der Waals surface area (Å²) < 4.78 is 1.72. The van der Waals surface area contributed by atoms with E-state index in [1.54, 1.807) is 10.9 Å². The Morgan fingerprint density at radius 1 is 1.10 bits per heavy atom. The van der Waals surface area contributed by atoms with Gasteiger partial charge < -0.3 is 5.73 Å². The fraction of sp³-hybridized carbons (Fsp3) is 0.0667. The van der Waals surface area contributed by atoms with E-state index in [2.05, 4.69) is 10.1 Å². The number of rotatable bonds is 3. The van der Waals surface area contributed by atoms with Gasteiger partial charge in [0.25, 0.3) is 0 Å². The van der Waals surface area contributed by atoms with Crippen LogP contribution in [0.4, 0.5) is 0 Å². The second-order valence-corrected chi connectivity index (χ2v) is 4.78. The van der Waals surface area contributed by atoms with Crippen LogP contribution in [0.5, 0.6) is 0 Å². The van der Waals surface area contributed by atoms with Crippen LogP contribution in [-0.4, -0.2) is 14.8 Å². The molecule has 0 saturated heterocycles. The number of aromatic nitrogens is 3. The van der Waals surface area contributed by atoms with Crippen molar-refractivity contribution in [1.82, 2.24) is 14.8 Å². The summed E-state index contributed by atoms with van der Waals surface area (Å²) in [4.78, 5) is 4.28. The molecule has 0 spiro atoms. The van der Waals surface area contributed by atoms with Gasteiger partial charge in [0, 0.05) is 24.5 Å². The SMILES string of the molecule is NCc1cc(-n2cc(-c3ccccc3)cn2)ncc1Cl. The van der Waals surface area contributed by atoms with Gasteiger partial charge in [0.15, 0.2) is 5.82 Å². The predicted octanol–water partition coefficient (Wildman–Crippen LogP) is 3.05. The van der Waals surface area contributed by atoms with E-state index >= 15 is 0 Å². The Morgan fingerprint density at radius 3 is 2.65 bits per heavy atom. The van der Waals surface area contributed by atoms with Gasteiger partial charge in [0.2, 0.25) is 0 Å². The molecular formula is C15H13ClN4. The molecule has 3 rings (SSSR count). The Kier molecular flexibility index (Phi) is 3.50. The molecule has 20 heavy (non-hydrogen) atoms. The molecule has 0 aliphatic carbocycles. The van der Waals surface area contributed by atoms with E-state index < -0.39 is 0 Å². The number of nitrogens with zero attached hydrogens (tertiary/aromatic N) is 3. The van der Waals surface area contributed by atoms with Crippen LogP contribution in [0.15, 0.2) is 55.0 Å². The molecule has 0 radical (unpaired) electrons. The van der Waals surface area contributed by atoms with Gasteiger partial charge in [0.1, 0.15) is 0 Å². The quantitative estimate of drug-likeness (QED) is 0.804. The van der Waals surface area contributed by atoms with Crippen molar-refractivity contribution in [2.45, 2.75) is 6.54 Å². The fourth-order valence-corrected chi connectivity index (χ4v) is 2.16. The van der Waals surface area contributed by atoms with E-state index in [4.69, 9.17) is 17.3 Å². The Hall–Kier alpha value is -2.17. The lowest BCUT2D eigenvalue weighted by Crippen LogP contribution is -2.03. The molecular weight excluding hydrogens is 272 g/mol. The van der Waals surface area contributed by atoms with Crippen molar-refractivity contribution in [1.29, 1.82) is 0 Å². The Morgan fingerprint density at radius 2 is 1.90 bits per heavy atom. The van der Waals surface area contributed by atoms with E-state index in [-0.39, 0.29) is 0 Å². The monoisotopic (exact) mass is 284 g/mol. The van der Waals surface area contributed by atoms with Crippen LogP contribution in [-0.2, 0) is 6.54 Å². The molecule has 1 aromatic carbocycles. The first-order chi connectivity index (χ1) is 9.78. The van der Waals surface area contributed by atoms with Crippen molar-refractivity contribution in [2.75, 3.05) is 0 Å². The van der Waals surface area contributed by atoms with Crippen molar-refractivity contribution in [3.05, 3.63) is 65.6 Å². The number of hydrogen-bond acceptors (Lipinski definition) is 3. The van der Waals surface area contributed by atoms with Crippen molar-refractivity contribution in [3.8, 4) is 16.9 Å². The Labute approximate surface area is 121 Å². The zero-order chi connectivity index (χ0) is 13.9. The second kappa shape index (κ2) is 5.45. The number of benzene rings is 1. The summed E-state index contributed by atoms with van der Waals surface area (Å²) in [5.41, 5.74) is 8.66. The summed E-state index contributed by atoms with van der Waals surface area (Å²) >= 11 is 6.01. The zero-order valence-corrected chi connectivity index (χ0v) is 11.5. The third kappa shape index (κ3) is 2.43. The van der Waals surface area contributed by atoms with Gasteiger partial charge in [-0.15, -0.1) is 0 Å². The van der Waals surface area contributed by atoms with Crippen molar-refractivity contribution < 1.29 is 0 Å². The van der Waals surface area contributed by atoms with Gasteiger partial charge in [-0.25, -0.2) is 9.67 Å². The van der Waals surface area contributed by atoms with Gasteiger partial charge in [-0.1, -0.05) is 41.9 Å². The van der Waals surface area contributed by atoms with Gasteiger partial charge in [-0.2, -0.15) is 5.10 Å². The minimum absolute atomic E-state index is 0.376. The molecule has 100 valence electrons. The molecule has 4 nitrogen and oxygen atoms in total. The van der Waals surface area contributed by atoms with Crippen LogP contribution in [0, 0.1) is 0 Å². The maximum atomic E-state index is 6.01. The van der Waals surface area contributed by atoms with Gasteiger partial charge in [-0.3, -0.25) is 0 Å². The van der Waals surface area contributed by atoms with Crippen LogP contribution in [0.25, 0.3) is 16.9 Å². The van der Waals surface area contributed by atoms with Gasteiger partial charge in [0.05, 0.1) is 11.2 Å². The van der Waals surface area contributed by atoms with Crippen molar-refractivity contribution in [2.24, 2.45) is 5.73 Å². The average molecular weight is 285 g/mol. The third-order valence-corrected chi connectivity index (χ3v) is 3.40. The molecule has 0 bridgehead atoms. The number of halogens is 1. The first-order valence-electron chi connectivity index (χ1n) is 6.23. The van der Waals surface area contributed by atoms with Gasteiger partial charge in [-0.05, 0) is 17.2 Å². The topological polar surface area (TPSA) is 56.7 Å². The lowest BCUT2D eigenvalue weighted by Gasteiger charge is -2.04. The molecule has 3 aromatic rings. The summed E-state index contributed by atoms with van der Waals surface area (Å²) in [6.45, 7) is 0.376. The normalized spacial score (nSPS) is 10.7. The van der Waals surface area contributed by atoms with Crippen LogP contribution < -0.4 is 5.73 Å². The van der Waals surface area contributed by atoms with E-state index in [0.29, 0.717) is 17.4 Å². The number of nitrogens with two attached hydrogens (primary N) is 1. The largest absolute Gasteiger partial charge is 0.326 e. The molecule has 2 heterocycles. The zero-order valence-electron chi connectivity index (χ0n) is 10.7. The van der Waals surface area contributed by atoms with E-state index in [0.717, 1.165) is 16.7 Å². The summed E-state index contributed by atoms with van der Waals surface area (Å²) in [7, 11) is 0. The molecule has 0 saturated carbocycles. The summed E-state index contributed by atoms with van der Waals surface area (Å²) in [5, 5.41) is 4.91.